The molecule has 0 bridgehead atoms. The number of phosphoric acid groups is 2. The van der Waals surface area contributed by atoms with E-state index in [1.807, 2.05) is 0 Å². The lowest BCUT2D eigenvalue weighted by atomic mass is 10.0. The quantitative estimate of drug-likeness (QED) is 0.287. The van der Waals surface area contributed by atoms with Crippen LogP contribution < -0.4 is 5.32 Å². The number of imidazole rings is 1. The first-order chi connectivity index (χ1) is 13.4. The molecule has 29 heavy (non-hydrogen) atoms. The maximum atomic E-state index is 11.4. The number of phosphoric ester groups is 2. The molecule has 0 aliphatic heterocycles. The topological polar surface area (TPSA) is 189 Å². The van der Waals surface area contributed by atoms with Gasteiger partial charge in [-0.1, -0.05) is 0 Å². The molecule has 0 amide bonds. The van der Waals surface area contributed by atoms with Gasteiger partial charge in [-0.2, -0.15) is 9.97 Å². The molecule has 2 aromatic heterocycles. The Balaban J connectivity index is 1.70. The van der Waals surface area contributed by atoms with E-state index in [9.17, 15) is 18.9 Å². The Bertz CT molecular complexity index is 1060. The molecule has 2 aromatic rings. The first kappa shape index (κ1) is 21.1. The van der Waals surface area contributed by atoms with Crippen molar-refractivity contribution in [3.8, 4) is 0 Å². The van der Waals surface area contributed by atoms with E-state index >= 15 is 0 Å². The normalized spacial score (nSPS) is 29.2. The number of hydrogen-bond donors (Lipinski definition) is 5. The van der Waals surface area contributed by atoms with E-state index in [0.29, 0.717) is 23.4 Å². The third-order valence-electron chi connectivity index (χ3n) is 5.49. The zero-order valence-corrected chi connectivity index (χ0v) is 17.5. The number of anilines is 1. The molecule has 0 spiro atoms. The van der Waals surface area contributed by atoms with Crippen molar-refractivity contribution in [3.63, 3.8) is 0 Å². The largest absolute Gasteiger partial charge is 0.469 e. The number of rotatable bonds is 7. The molecular weight excluding hydrogens is 452 g/mol. The Kier molecular flexibility index (Phi) is 5.05. The third kappa shape index (κ3) is 3.95. The summed E-state index contributed by atoms with van der Waals surface area (Å²) in [7, 11) is -7.94. The molecule has 2 aliphatic carbocycles. The second kappa shape index (κ2) is 6.94. The van der Waals surface area contributed by atoms with Gasteiger partial charge in [0.05, 0.1) is 19.0 Å². The molecule has 0 saturated heterocycles. The van der Waals surface area contributed by atoms with Crippen molar-refractivity contribution < 1.29 is 37.8 Å². The summed E-state index contributed by atoms with van der Waals surface area (Å²) in [6.45, 7) is -0.396. The standard InChI is InChI=1S/C13H18ClN5O8P2/c1-15-10-9-11(18-12(14)17-10)19(5-16-9)7-2-8(27-29(23,24)25)13(3-6(7)13)4-26-28(20,21)22/h5-8H,2-4H2,1H3,(H,15,17,18)(H2,20,21,22)(H2,23,24,25)/t6?,7-,8-,13-/m0/s1. The molecule has 4 rings (SSSR count). The summed E-state index contributed by atoms with van der Waals surface area (Å²) < 4.78 is 33.9. The molecule has 4 atom stereocenters. The van der Waals surface area contributed by atoms with Gasteiger partial charge in [-0.05, 0) is 30.4 Å². The minimum atomic E-state index is -4.84. The maximum Gasteiger partial charge on any atom is 0.469 e. The van der Waals surface area contributed by atoms with Gasteiger partial charge in [0.2, 0.25) is 5.28 Å². The molecule has 5 N–H and O–H groups in total. The van der Waals surface area contributed by atoms with Gasteiger partial charge >= 0.3 is 15.6 Å². The van der Waals surface area contributed by atoms with Crippen LogP contribution in [-0.2, 0) is 18.2 Å². The van der Waals surface area contributed by atoms with E-state index in [4.69, 9.17) is 25.9 Å². The third-order valence-corrected chi connectivity index (χ3v) is 6.66. The van der Waals surface area contributed by atoms with Crippen LogP contribution in [0.3, 0.4) is 0 Å². The zero-order chi connectivity index (χ0) is 21.2. The average Bonchev–Trinajstić information content (AvgIpc) is 3.07. The van der Waals surface area contributed by atoms with Crippen LogP contribution in [0, 0.1) is 11.3 Å². The fraction of sp³-hybridized carbons (Fsp3) is 0.615. The Labute approximate surface area is 168 Å². The predicted octanol–water partition coefficient (Wildman–Crippen LogP) is 1.06. The van der Waals surface area contributed by atoms with Crippen LogP contribution in [0.25, 0.3) is 11.2 Å². The van der Waals surface area contributed by atoms with E-state index in [1.165, 1.54) is 6.33 Å². The number of halogens is 1. The highest BCUT2D eigenvalue weighted by molar-refractivity contribution is 7.46. The Morgan fingerprint density at radius 1 is 1.31 bits per heavy atom. The summed E-state index contributed by atoms with van der Waals surface area (Å²) in [5.41, 5.74) is -0.0477. The molecule has 13 nitrogen and oxygen atoms in total. The fourth-order valence-electron chi connectivity index (χ4n) is 4.25. The summed E-state index contributed by atoms with van der Waals surface area (Å²) >= 11 is 5.99. The molecule has 2 aliphatic rings. The van der Waals surface area contributed by atoms with Gasteiger partial charge in [0.25, 0.3) is 0 Å². The van der Waals surface area contributed by atoms with Gasteiger partial charge in [-0.15, -0.1) is 0 Å². The van der Waals surface area contributed by atoms with Gasteiger partial charge in [-0.25, -0.2) is 14.1 Å². The summed E-state index contributed by atoms with van der Waals surface area (Å²) in [6, 6.07) is -0.340. The van der Waals surface area contributed by atoms with Gasteiger partial charge < -0.3 is 29.5 Å². The SMILES string of the molecule is CNc1nc(Cl)nc2c1ncn2[C@H]1C[C@H](OP(=O)(O)O)[C@]2(COP(=O)(O)O)CC12. The highest BCUT2D eigenvalue weighted by Gasteiger charge is 2.70. The fourth-order valence-corrected chi connectivity index (χ4v) is 5.45. The van der Waals surface area contributed by atoms with Crippen LogP contribution in [0.4, 0.5) is 5.82 Å². The van der Waals surface area contributed by atoms with Gasteiger partial charge in [0, 0.05) is 18.5 Å². The molecule has 1 unspecified atom stereocenters. The molecule has 16 heteroatoms. The summed E-state index contributed by atoms with van der Waals surface area (Å²) in [5.74, 6) is 0.210. The molecule has 2 fully saturated rings. The Hall–Kier alpha value is -1.14. The average molecular weight is 470 g/mol. The van der Waals surface area contributed by atoms with Crippen molar-refractivity contribution in [2.75, 3.05) is 19.0 Å². The number of fused-ring (bicyclic) bond motifs is 2. The van der Waals surface area contributed by atoms with Crippen LogP contribution in [0.2, 0.25) is 5.28 Å². The number of nitrogens with one attached hydrogen (secondary N) is 1. The summed E-state index contributed by atoms with van der Waals surface area (Å²) in [6.07, 6.45) is 1.12. The van der Waals surface area contributed by atoms with Gasteiger partial charge in [0.1, 0.15) is 0 Å². The summed E-state index contributed by atoms with van der Waals surface area (Å²) in [5, 5.41) is 2.87. The second-order valence-electron chi connectivity index (χ2n) is 7.11. The second-order valence-corrected chi connectivity index (χ2v) is 9.88. The van der Waals surface area contributed by atoms with Crippen molar-refractivity contribution in [1.82, 2.24) is 19.5 Å². The van der Waals surface area contributed by atoms with Crippen molar-refractivity contribution >= 4 is 44.2 Å². The minimum Gasteiger partial charge on any atom is -0.371 e. The molecule has 2 heterocycles. The van der Waals surface area contributed by atoms with Crippen molar-refractivity contribution in [2.45, 2.75) is 25.0 Å². The molecule has 160 valence electrons. The lowest BCUT2D eigenvalue weighted by Crippen LogP contribution is -2.26. The lowest BCUT2D eigenvalue weighted by Gasteiger charge is -2.24. The van der Waals surface area contributed by atoms with Crippen LogP contribution >= 0.6 is 27.2 Å². The maximum absolute atomic E-state index is 11.4. The molecule has 2 saturated carbocycles. The van der Waals surface area contributed by atoms with E-state index in [2.05, 4.69) is 24.8 Å². The molecular formula is C13H18ClN5O8P2. The number of nitrogens with zero attached hydrogens (tertiary/aromatic N) is 4. The van der Waals surface area contributed by atoms with Crippen LogP contribution in [0.15, 0.2) is 6.33 Å². The van der Waals surface area contributed by atoms with Crippen molar-refractivity contribution in [3.05, 3.63) is 11.6 Å². The Morgan fingerprint density at radius 3 is 2.66 bits per heavy atom. The van der Waals surface area contributed by atoms with Crippen molar-refractivity contribution in [1.29, 1.82) is 0 Å². The zero-order valence-electron chi connectivity index (χ0n) is 14.9. The lowest BCUT2D eigenvalue weighted by molar-refractivity contribution is 0.0499. The van der Waals surface area contributed by atoms with Gasteiger partial charge in [-0.3, -0.25) is 9.05 Å². The van der Waals surface area contributed by atoms with E-state index in [0.717, 1.165) is 0 Å². The summed E-state index contributed by atoms with van der Waals surface area (Å²) in [4.78, 5) is 49.2. The van der Waals surface area contributed by atoms with Crippen LogP contribution in [0.1, 0.15) is 18.9 Å². The first-order valence-electron chi connectivity index (χ1n) is 8.45. The highest BCUT2D eigenvalue weighted by Crippen LogP contribution is 2.71. The molecule has 0 aromatic carbocycles. The van der Waals surface area contributed by atoms with Crippen molar-refractivity contribution in [2.24, 2.45) is 11.3 Å². The van der Waals surface area contributed by atoms with E-state index in [1.54, 1.807) is 11.6 Å². The van der Waals surface area contributed by atoms with E-state index < -0.39 is 33.8 Å². The van der Waals surface area contributed by atoms with Gasteiger partial charge in [0.15, 0.2) is 17.0 Å². The first-order valence-corrected chi connectivity index (χ1v) is 11.9. The number of hydrogen-bond acceptors (Lipinski definition) is 8. The van der Waals surface area contributed by atoms with E-state index in [-0.39, 0.29) is 23.7 Å². The monoisotopic (exact) mass is 469 g/mol. The Morgan fingerprint density at radius 2 is 2.03 bits per heavy atom. The number of aromatic nitrogens is 4. The van der Waals surface area contributed by atoms with Crippen LogP contribution in [0.5, 0.6) is 0 Å². The predicted molar refractivity (Wildman–Crippen MR) is 99.0 cm³/mol. The van der Waals surface area contributed by atoms with Crippen LogP contribution in [-0.4, -0.2) is 58.9 Å². The smallest absolute Gasteiger partial charge is 0.371 e. The minimum absolute atomic E-state index is 0.00323. The molecule has 0 radical (unpaired) electrons. The highest BCUT2D eigenvalue weighted by atomic mass is 35.5.